The molecule has 1 fully saturated rings. The monoisotopic (exact) mass is 450 g/mol. The van der Waals surface area contributed by atoms with E-state index >= 15 is 0 Å². The van der Waals surface area contributed by atoms with Gasteiger partial charge in [-0.25, -0.2) is 0 Å². The molecule has 0 aliphatic carbocycles. The van der Waals surface area contributed by atoms with Crippen molar-refractivity contribution in [2.75, 3.05) is 6.54 Å². The fourth-order valence-electron chi connectivity index (χ4n) is 4.06. The summed E-state index contributed by atoms with van der Waals surface area (Å²) in [6.07, 6.45) is 7.90. The third-order valence-electron chi connectivity index (χ3n) is 5.77. The summed E-state index contributed by atoms with van der Waals surface area (Å²) >= 11 is 0. The van der Waals surface area contributed by atoms with E-state index in [9.17, 15) is 14.4 Å². The van der Waals surface area contributed by atoms with E-state index in [-0.39, 0.29) is 19.4 Å². The van der Waals surface area contributed by atoms with Crippen molar-refractivity contribution in [1.82, 2.24) is 10.2 Å². The van der Waals surface area contributed by atoms with Gasteiger partial charge in [-0.3, -0.25) is 19.3 Å². The molecule has 0 saturated carbocycles. The van der Waals surface area contributed by atoms with Gasteiger partial charge in [0.15, 0.2) is 0 Å². The van der Waals surface area contributed by atoms with Crippen molar-refractivity contribution < 1.29 is 14.4 Å². The molecule has 0 aromatic heterocycles. The van der Waals surface area contributed by atoms with Crippen LogP contribution in [-0.2, 0) is 20.8 Å². The predicted molar refractivity (Wildman–Crippen MR) is 133 cm³/mol. The lowest BCUT2D eigenvalue weighted by atomic mass is 9.83. The lowest BCUT2D eigenvalue weighted by Crippen LogP contribution is -2.69. The van der Waals surface area contributed by atoms with Crippen molar-refractivity contribution in [3.8, 4) is 0 Å². The molecular weight excluding hydrogens is 424 g/mol. The van der Waals surface area contributed by atoms with Gasteiger partial charge >= 0.3 is 11.8 Å². The van der Waals surface area contributed by atoms with Gasteiger partial charge in [0.05, 0.1) is 0 Å². The Labute approximate surface area is 199 Å². The van der Waals surface area contributed by atoms with E-state index in [1.54, 1.807) is 6.08 Å². The molecule has 4 rings (SSSR count). The van der Waals surface area contributed by atoms with Crippen molar-refractivity contribution in [3.05, 3.63) is 120 Å². The van der Waals surface area contributed by atoms with Crippen LogP contribution in [0.5, 0.6) is 0 Å². The summed E-state index contributed by atoms with van der Waals surface area (Å²) in [4.78, 5) is 40.1. The summed E-state index contributed by atoms with van der Waals surface area (Å²) in [6, 6.07) is 28.8. The number of nitrogens with zero attached hydrogens (tertiary/aromatic N) is 1. The molecule has 1 aliphatic rings. The number of carbonyl (C=O) groups excluding carboxylic acids is 3. The van der Waals surface area contributed by atoms with Crippen LogP contribution in [0.3, 0.4) is 0 Å². The first-order valence-corrected chi connectivity index (χ1v) is 11.2. The van der Waals surface area contributed by atoms with E-state index in [0.717, 1.165) is 21.6 Å². The summed E-state index contributed by atoms with van der Waals surface area (Å²) in [7, 11) is 0. The maximum Gasteiger partial charge on any atom is 0.318 e. The summed E-state index contributed by atoms with van der Waals surface area (Å²) in [6.45, 7) is 0.0267. The number of piperazine rings is 1. The maximum atomic E-state index is 13.7. The Morgan fingerprint density at radius 1 is 0.706 bits per heavy atom. The molecule has 0 bridgehead atoms. The number of hydrogen-bond donors (Lipinski definition) is 1. The zero-order valence-electron chi connectivity index (χ0n) is 18.8. The van der Waals surface area contributed by atoms with Crippen LogP contribution in [0.1, 0.15) is 23.1 Å². The average molecular weight is 451 g/mol. The second-order valence-corrected chi connectivity index (χ2v) is 8.25. The lowest BCUT2D eigenvalue weighted by molar-refractivity contribution is -0.161. The fourth-order valence-corrected chi connectivity index (χ4v) is 4.06. The van der Waals surface area contributed by atoms with Crippen molar-refractivity contribution in [3.63, 3.8) is 0 Å². The average Bonchev–Trinajstić information content (AvgIpc) is 2.87. The zero-order valence-corrected chi connectivity index (χ0v) is 18.8. The highest BCUT2D eigenvalue weighted by Crippen LogP contribution is 2.26. The molecular formula is C29H26N2O3. The van der Waals surface area contributed by atoms with Crippen LogP contribution < -0.4 is 5.32 Å². The van der Waals surface area contributed by atoms with Gasteiger partial charge in [0.1, 0.15) is 5.54 Å². The third kappa shape index (κ3) is 5.38. The van der Waals surface area contributed by atoms with Gasteiger partial charge in [0.25, 0.3) is 5.91 Å². The summed E-state index contributed by atoms with van der Waals surface area (Å²) < 4.78 is 0. The van der Waals surface area contributed by atoms with Gasteiger partial charge in [-0.05, 0) is 23.1 Å². The van der Waals surface area contributed by atoms with Crippen LogP contribution in [0.25, 0.3) is 12.2 Å². The Bertz CT molecular complexity index is 1200. The summed E-state index contributed by atoms with van der Waals surface area (Å²) in [5.74, 6) is -2.01. The van der Waals surface area contributed by atoms with Gasteiger partial charge in [-0.2, -0.15) is 0 Å². The smallest absolute Gasteiger partial charge is 0.318 e. The molecule has 1 N–H and O–H groups in total. The van der Waals surface area contributed by atoms with E-state index in [1.807, 2.05) is 109 Å². The van der Waals surface area contributed by atoms with Crippen LogP contribution >= 0.6 is 0 Å². The molecule has 1 atom stereocenters. The molecule has 1 heterocycles. The van der Waals surface area contributed by atoms with Crippen LogP contribution in [0, 0.1) is 0 Å². The molecule has 5 heteroatoms. The Kier molecular flexibility index (Phi) is 7.13. The van der Waals surface area contributed by atoms with Gasteiger partial charge < -0.3 is 5.32 Å². The first-order valence-electron chi connectivity index (χ1n) is 11.2. The van der Waals surface area contributed by atoms with Crippen LogP contribution in [0.2, 0.25) is 0 Å². The third-order valence-corrected chi connectivity index (χ3v) is 5.77. The highest BCUT2D eigenvalue weighted by Gasteiger charge is 2.49. The Morgan fingerprint density at radius 2 is 1.24 bits per heavy atom. The molecule has 170 valence electrons. The molecule has 5 nitrogen and oxygen atoms in total. The van der Waals surface area contributed by atoms with Gasteiger partial charge in [0.2, 0.25) is 0 Å². The van der Waals surface area contributed by atoms with E-state index in [4.69, 9.17) is 0 Å². The Balaban J connectivity index is 1.62. The summed E-state index contributed by atoms with van der Waals surface area (Å²) in [5.41, 5.74) is 1.59. The first kappa shape index (κ1) is 22.9. The van der Waals surface area contributed by atoms with Crippen LogP contribution in [0.4, 0.5) is 0 Å². The Morgan fingerprint density at radius 3 is 1.82 bits per heavy atom. The van der Waals surface area contributed by atoms with Gasteiger partial charge in [-0.15, -0.1) is 0 Å². The molecule has 3 aromatic rings. The van der Waals surface area contributed by atoms with Crippen molar-refractivity contribution in [2.45, 2.75) is 18.4 Å². The normalized spacial score (nSPS) is 18.6. The molecule has 3 aromatic carbocycles. The number of benzene rings is 3. The number of carbonyl (C=O) groups is 3. The second kappa shape index (κ2) is 10.6. The number of imide groups is 1. The molecule has 0 spiro atoms. The maximum absolute atomic E-state index is 13.7. The summed E-state index contributed by atoms with van der Waals surface area (Å²) in [5, 5.41) is 2.75. The molecule has 1 unspecified atom stereocenters. The minimum absolute atomic E-state index is 0.0267. The lowest BCUT2D eigenvalue weighted by Gasteiger charge is -2.40. The second-order valence-electron chi connectivity index (χ2n) is 8.25. The number of amides is 3. The van der Waals surface area contributed by atoms with Crippen molar-refractivity contribution >= 4 is 29.9 Å². The SMILES string of the molecule is O=C1NC(C/C=C/c2ccccc2)(Cc2ccccc2)C(=O)N(C/C=C/c2ccccc2)C1=O. The van der Waals surface area contributed by atoms with Gasteiger partial charge in [0, 0.05) is 13.0 Å². The molecule has 3 amide bonds. The number of hydrogen-bond acceptors (Lipinski definition) is 3. The highest BCUT2D eigenvalue weighted by molar-refractivity contribution is 6.40. The molecule has 0 radical (unpaired) electrons. The minimum atomic E-state index is -1.25. The van der Waals surface area contributed by atoms with E-state index in [2.05, 4.69) is 5.32 Å². The van der Waals surface area contributed by atoms with Crippen LogP contribution in [-0.4, -0.2) is 34.7 Å². The van der Waals surface area contributed by atoms with Gasteiger partial charge in [-0.1, -0.05) is 115 Å². The predicted octanol–water partition coefficient (Wildman–Crippen LogP) is 4.27. The largest absolute Gasteiger partial charge is 0.333 e. The standard InChI is InChI=1S/C29H26N2O3/c32-26-27(33)31(21-11-19-24-14-6-2-7-15-24)28(34)29(30-26,22-25-16-8-3-9-17-25)20-10-18-23-12-4-1-5-13-23/h1-19H,20-22H2,(H,30,32)/b18-10+,19-11+. The first-order chi connectivity index (χ1) is 16.6. The minimum Gasteiger partial charge on any atom is -0.333 e. The van der Waals surface area contributed by atoms with E-state index in [0.29, 0.717) is 0 Å². The highest BCUT2D eigenvalue weighted by atomic mass is 16.2. The Hall–Kier alpha value is -4.25. The topological polar surface area (TPSA) is 66.5 Å². The number of nitrogens with one attached hydrogen (secondary N) is 1. The quantitative estimate of drug-likeness (QED) is 0.412. The molecule has 34 heavy (non-hydrogen) atoms. The molecule has 1 saturated heterocycles. The van der Waals surface area contributed by atoms with Crippen molar-refractivity contribution in [1.29, 1.82) is 0 Å². The number of rotatable bonds is 8. The van der Waals surface area contributed by atoms with Crippen LogP contribution in [0.15, 0.2) is 103 Å². The fraction of sp³-hybridized carbons (Fsp3) is 0.138. The molecule has 1 aliphatic heterocycles. The zero-order chi connectivity index (χ0) is 23.8. The van der Waals surface area contributed by atoms with Crippen molar-refractivity contribution in [2.24, 2.45) is 0 Å². The van der Waals surface area contributed by atoms with E-state index in [1.165, 1.54) is 0 Å². The van der Waals surface area contributed by atoms with E-state index < -0.39 is 23.3 Å².